The Kier molecular flexibility index (Phi) is 3.87. The Balaban J connectivity index is 2.64. The van der Waals surface area contributed by atoms with Gasteiger partial charge in [0, 0.05) is 0 Å². The molecule has 0 bridgehead atoms. The molecule has 1 aromatic heterocycles. The molecular weight excluding hydrogens is 289 g/mol. The average Bonchev–Trinajstić information content (AvgIpc) is 2.73. The lowest BCUT2D eigenvalue weighted by Gasteiger charge is -2.02. The predicted octanol–water partition coefficient (Wildman–Crippen LogP) is 4.42. The molecule has 6 heteroatoms. The van der Waals surface area contributed by atoms with Crippen molar-refractivity contribution in [2.24, 2.45) is 0 Å². The molecule has 0 fully saturated rings. The Morgan fingerprint density at radius 3 is 2.63 bits per heavy atom. The number of nitrogens with zero attached hydrogens (tertiary/aromatic N) is 1. The predicted molar refractivity (Wildman–Crippen MR) is 73.6 cm³/mol. The van der Waals surface area contributed by atoms with Crippen molar-refractivity contribution in [2.45, 2.75) is 19.8 Å². The number of carboxylic acid groups (broad SMARTS) is 1. The van der Waals surface area contributed by atoms with Gasteiger partial charge in [-0.05, 0) is 18.1 Å². The van der Waals surface area contributed by atoms with Gasteiger partial charge in [0.15, 0.2) is 0 Å². The summed E-state index contributed by atoms with van der Waals surface area (Å²) >= 11 is 6.91. The van der Waals surface area contributed by atoms with E-state index in [1.807, 2.05) is 13.8 Å². The van der Waals surface area contributed by atoms with E-state index >= 15 is 0 Å². The molecule has 0 saturated heterocycles. The van der Waals surface area contributed by atoms with Gasteiger partial charge >= 0.3 is 5.97 Å². The molecular formula is C13H11ClFNO2S. The number of halogens is 2. The minimum atomic E-state index is -1.06. The molecule has 0 unspecified atom stereocenters. The number of carbonyl (C=O) groups is 1. The minimum absolute atomic E-state index is 0.0540. The Morgan fingerprint density at radius 2 is 2.16 bits per heavy atom. The largest absolute Gasteiger partial charge is 0.477 e. The number of carboxylic acids is 1. The second-order valence-corrected chi connectivity index (χ2v) is 5.70. The molecule has 0 saturated carbocycles. The quantitative estimate of drug-likeness (QED) is 0.912. The van der Waals surface area contributed by atoms with Crippen LogP contribution >= 0.6 is 22.9 Å². The highest BCUT2D eigenvalue weighted by atomic mass is 35.5. The van der Waals surface area contributed by atoms with E-state index in [1.54, 1.807) is 6.07 Å². The van der Waals surface area contributed by atoms with Crippen molar-refractivity contribution in [3.63, 3.8) is 0 Å². The first-order chi connectivity index (χ1) is 8.91. The van der Waals surface area contributed by atoms with E-state index < -0.39 is 11.8 Å². The first-order valence-corrected chi connectivity index (χ1v) is 6.79. The third-order valence-electron chi connectivity index (χ3n) is 2.57. The first kappa shape index (κ1) is 14.0. The van der Waals surface area contributed by atoms with Crippen LogP contribution in [0, 0.1) is 5.82 Å². The maximum atomic E-state index is 13.8. The van der Waals surface area contributed by atoms with E-state index in [4.69, 9.17) is 16.7 Å². The molecule has 1 heterocycles. The zero-order valence-electron chi connectivity index (χ0n) is 10.3. The molecule has 0 spiro atoms. The summed E-state index contributed by atoms with van der Waals surface area (Å²) in [5.74, 6) is -1.62. The standard InChI is InChI=1S/C13H11ClFNO2S/c1-6(2)10-11(13(17)18)19-12(16-10)9-7(14)4-3-5-8(9)15/h3-6H,1-2H3,(H,17,18). The summed E-state index contributed by atoms with van der Waals surface area (Å²) in [4.78, 5) is 15.5. The lowest BCUT2D eigenvalue weighted by Crippen LogP contribution is -2.00. The fourth-order valence-electron chi connectivity index (χ4n) is 1.69. The molecule has 1 aromatic carbocycles. The summed E-state index contributed by atoms with van der Waals surface area (Å²) in [6.45, 7) is 3.68. The van der Waals surface area contributed by atoms with E-state index in [0.29, 0.717) is 10.7 Å². The molecule has 0 radical (unpaired) electrons. The van der Waals surface area contributed by atoms with Crippen LogP contribution in [0.3, 0.4) is 0 Å². The van der Waals surface area contributed by atoms with Crippen LogP contribution in [-0.2, 0) is 0 Å². The van der Waals surface area contributed by atoms with Gasteiger partial charge in [-0.15, -0.1) is 11.3 Å². The monoisotopic (exact) mass is 299 g/mol. The Hall–Kier alpha value is -1.46. The molecule has 0 aliphatic carbocycles. The van der Waals surface area contributed by atoms with E-state index in [-0.39, 0.29) is 21.4 Å². The number of thiazole rings is 1. The van der Waals surface area contributed by atoms with Gasteiger partial charge in [-0.2, -0.15) is 0 Å². The van der Waals surface area contributed by atoms with Gasteiger partial charge in [0.25, 0.3) is 0 Å². The van der Waals surface area contributed by atoms with Crippen LogP contribution in [0.5, 0.6) is 0 Å². The molecule has 2 aromatic rings. The fourth-order valence-corrected chi connectivity index (χ4v) is 3.11. The van der Waals surface area contributed by atoms with Gasteiger partial charge < -0.3 is 5.11 Å². The van der Waals surface area contributed by atoms with Crippen LogP contribution in [0.4, 0.5) is 4.39 Å². The number of rotatable bonds is 3. The van der Waals surface area contributed by atoms with Crippen LogP contribution in [0.15, 0.2) is 18.2 Å². The second-order valence-electron chi connectivity index (χ2n) is 4.29. The molecule has 19 heavy (non-hydrogen) atoms. The number of hydrogen-bond donors (Lipinski definition) is 1. The zero-order valence-corrected chi connectivity index (χ0v) is 11.8. The number of aromatic carboxylic acids is 1. The molecule has 0 amide bonds. The van der Waals surface area contributed by atoms with E-state index in [0.717, 1.165) is 11.3 Å². The number of aromatic nitrogens is 1. The fraction of sp³-hybridized carbons (Fsp3) is 0.231. The molecule has 0 atom stereocenters. The molecule has 3 nitrogen and oxygen atoms in total. The van der Waals surface area contributed by atoms with Crippen LogP contribution in [0.2, 0.25) is 5.02 Å². The van der Waals surface area contributed by atoms with Gasteiger partial charge in [0.1, 0.15) is 15.7 Å². The molecule has 0 aliphatic heterocycles. The molecule has 100 valence electrons. The number of benzene rings is 1. The van der Waals surface area contributed by atoms with Crippen molar-refractivity contribution in [3.05, 3.63) is 39.6 Å². The summed E-state index contributed by atoms with van der Waals surface area (Å²) in [6, 6.07) is 4.32. The maximum absolute atomic E-state index is 13.8. The third kappa shape index (κ3) is 2.62. The molecule has 0 aliphatic rings. The van der Waals surface area contributed by atoms with E-state index in [9.17, 15) is 9.18 Å². The summed E-state index contributed by atoms with van der Waals surface area (Å²) in [5.41, 5.74) is 0.607. The summed E-state index contributed by atoms with van der Waals surface area (Å²) in [7, 11) is 0. The summed E-state index contributed by atoms with van der Waals surface area (Å²) in [5, 5.41) is 9.68. The van der Waals surface area contributed by atoms with Crippen molar-refractivity contribution in [1.29, 1.82) is 0 Å². The smallest absolute Gasteiger partial charge is 0.347 e. The first-order valence-electron chi connectivity index (χ1n) is 5.60. The summed E-state index contributed by atoms with van der Waals surface area (Å²) < 4.78 is 13.8. The van der Waals surface area contributed by atoms with Gasteiger partial charge in [-0.1, -0.05) is 31.5 Å². The van der Waals surface area contributed by atoms with Gasteiger partial charge in [-0.3, -0.25) is 0 Å². The van der Waals surface area contributed by atoms with Crippen LogP contribution < -0.4 is 0 Å². The zero-order chi connectivity index (χ0) is 14.2. The Labute approximate surface area is 118 Å². The van der Waals surface area contributed by atoms with Gasteiger partial charge in [0.2, 0.25) is 0 Å². The van der Waals surface area contributed by atoms with Gasteiger partial charge in [0.05, 0.1) is 16.3 Å². The van der Waals surface area contributed by atoms with Crippen molar-refractivity contribution >= 4 is 28.9 Å². The van der Waals surface area contributed by atoms with E-state index in [2.05, 4.69) is 4.98 Å². The SMILES string of the molecule is CC(C)c1nc(-c2c(F)cccc2Cl)sc1C(=O)O. The highest BCUT2D eigenvalue weighted by molar-refractivity contribution is 7.17. The van der Waals surface area contributed by atoms with Gasteiger partial charge in [-0.25, -0.2) is 14.2 Å². The average molecular weight is 300 g/mol. The van der Waals surface area contributed by atoms with Crippen molar-refractivity contribution in [3.8, 4) is 10.6 Å². The van der Waals surface area contributed by atoms with Crippen molar-refractivity contribution in [2.75, 3.05) is 0 Å². The Morgan fingerprint density at radius 1 is 1.47 bits per heavy atom. The summed E-state index contributed by atoms with van der Waals surface area (Å²) in [6.07, 6.45) is 0. The normalized spacial score (nSPS) is 11.0. The third-order valence-corrected chi connectivity index (χ3v) is 3.96. The number of hydrogen-bond acceptors (Lipinski definition) is 3. The molecule has 2 rings (SSSR count). The lowest BCUT2D eigenvalue weighted by atomic mass is 10.1. The van der Waals surface area contributed by atoms with Crippen molar-refractivity contribution in [1.82, 2.24) is 4.98 Å². The maximum Gasteiger partial charge on any atom is 0.347 e. The minimum Gasteiger partial charge on any atom is -0.477 e. The lowest BCUT2D eigenvalue weighted by molar-refractivity contribution is 0.0700. The topological polar surface area (TPSA) is 50.2 Å². The highest BCUT2D eigenvalue weighted by Gasteiger charge is 2.22. The van der Waals surface area contributed by atoms with Crippen LogP contribution in [0.25, 0.3) is 10.6 Å². The highest BCUT2D eigenvalue weighted by Crippen LogP contribution is 2.36. The van der Waals surface area contributed by atoms with E-state index in [1.165, 1.54) is 12.1 Å². The van der Waals surface area contributed by atoms with Crippen LogP contribution in [0.1, 0.15) is 35.1 Å². The second kappa shape index (κ2) is 5.27. The molecule has 1 N–H and O–H groups in total. The Bertz CT molecular complexity index is 619. The van der Waals surface area contributed by atoms with Crippen LogP contribution in [-0.4, -0.2) is 16.1 Å². The van der Waals surface area contributed by atoms with Crippen molar-refractivity contribution < 1.29 is 14.3 Å².